The largest absolute Gasteiger partial charge is 0.521 e. The van der Waals surface area contributed by atoms with Crippen LogP contribution in [0.15, 0.2) is 0 Å². The molecule has 100 valence electrons. The van der Waals surface area contributed by atoms with E-state index in [1.807, 2.05) is 0 Å². The molecular formula is C12H19N2O4+. The van der Waals surface area contributed by atoms with Gasteiger partial charge in [-0.2, -0.15) is 9.28 Å². The van der Waals surface area contributed by atoms with Gasteiger partial charge in [-0.15, -0.1) is 0 Å². The number of hydrogen-bond acceptors (Lipinski definition) is 3. The van der Waals surface area contributed by atoms with Gasteiger partial charge in [0.2, 0.25) is 5.91 Å². The summed E-state index contributed by atoms with van der Waals surface area (Å²) >= 11 is 0. The molecule has 0 aromatic heterocycles. The van der Waals surface area contributed by atoms with Crippen molar-refractivity contribution < 1.29 is 24.0 Å². The second-order valence-electron chi connectivity index (χ2n) is 5.18. The van der Waals surface area contributed by atoms with Crippen molar-refractivity contribution >= 4 is 17.9 Å². The minimum absolute atomic E-state index is 0.0428. The monoisotopic (exact) mass is 255 g/mol. The fourth-order valence-electron chi connectivity index (χ4n) is 3.00. The molecule has 1 N–H and O–H groups in total. The van der Waals surface area contributed by atoms with E-state index in [0.717, 1.165) is 19.3 Å². The van der Waals surface area contributed by atoms with Crippen LogP contribution >= 0.6 is 0 Å². The summed E-state index contributed by atoms with van der Waals surface area (Å²) in [6.45, 7) is 2.65. The zero-order chi connectivity index (χ0) is 13.3. The molecule has 2 rings (SSSR count). The van der Waals surface area contributed by atoms with Crippen molar-refractivity contribution in [3.05, 3.63) is 0 Å². The van der Waals surface area contributed by atoms with Gasteiger partial charge in [0.25, 0.3) is 0 Å². The second-order valence-corrected chi connectivity index (χ2v) is 5.18. The summed E-state index contributed by atoms with van der Waals surface area (Å²) in [5.74, 6) is -0.401. The summed E-state index contributed by atoms with van der Waals surface area (Å²) < 4.78 is -0.510. The smallest absolute Gasteiger partial charge is 0.435 e. The van der Waals surface area contributed by atoms with Crippen molar-refractivity contribution in [2.45, 2.75) is 38.6 Å². The molecule has 3 amide bonds. The first-order valence-electron chi connectivity index (χ1n) is 6.41. The number of imide groups is 1. The number of carbonyl (C=O) groups excluding carboxylic acids is 2. The SMILES string of the molecule is C[C@@H]1CCC[N+]1(C(=O)O)C(=O)CN1CCCC1=O. The first-order valence-corrected chi connectivity index (χ1v) is 6.41. The molecule has 2 aliphatic heterocycles. The molecule has 6 heteroatoms. The van der Waals surface area contributed by atoms with Crippen molar-refractivity contribution in [3.8, 4) is 0 Å². The molecule has 0 aromatic rings. The molecule has 2 saturated heterocycles. The fraction of sp³-hybridized carbons (Fsp3) is 0.750. The topological polar surface area (TPSA) is 74.7 Å². The number of hydrogen-bond donors (Lipinski definition) is 1. The van der Waals surface area contributed by atoms with Crippen molar-refractivity contribution in [2.24, 2.45) is 0 Å². The molecule has 2 aliphatic rings. The molecule has 0 radical (unpaired) electrons. The minimum Gasteiger partial charge on any atom is -0.435 e. The summed E-state index contributed by atoms with van der Waals surface area (Å²) in [6, 6.07) is -0.201. The lowest BCUT2D eigenvalue weighted by molar-refractivity contribution is -0.792. The van der Waals surface area contributed by atoms with Crippen LogP contribution in [0, 0.1) is 0 Å². The van der Waals surface area contributed by atoms with E-state index < -0.39 is 10.6 Å². The van der Waals surface area contributed by atoms with Gasteiger partial charge >= 0.3 is 12.0 Å². The van der Waals surface area contributed by atoms with E-state index in [0.29, 0.717) is 19.5 Å². The molecule has 0 bridgehead atoms. The Morgan fingerprint density at radius 3 is 2.61 bits per heavy atom. The first kappa shape index (κ1) is 13.0. The van der Waals surface area contributed by atoms with Crippen molar-refractivity contribution in [3.63, 3.8) is 0 Å². The fourth-order valence-corrected chi connectivity index (χ4v) is 3.00. The Labute approximate surface area is 106 Å². The standard InChI is InChI=1S/C12H18N2O4/c1-9-4-3-7-14(9,12(17)18)11(16)8-13-6-2-5-10(13)15/h9H,2-8H2,1H3/p+1/t9-,14?/m1/s1. The van der Waals surface area contributed by atoms with Gasteiger partial charge < -0.3 is 10.0 Å². The van der Waals surface area contributed by atoms with E-state index in [2.05, 4.69) is 0 Å². The van der Waals surface area contributed by atoms with Crippen LogP contribution in [0.3, 0.4) is 0 Å². The maximum Gasteiger partial charge on any atom is 0.521 e. The van der Waals surface area contributed by atoms with Crippen molar-refractivity contribution in [1.82, 2.24) is 4.90 Å². The maximum atomic E-state index is 12.3. The molecule has 2 heterocycles. The maximum absolute atomic E-state index is 12.3. The molecule has 0 aromatic carbocycles. The first-order chi connectivity index (χ1) is 8.48. The number of likely N-dealkylation sites (tertiary alicyclic amines) is 2. The summed E-state index contributed by atoms with van der Waals surface area (Å²) in [5.41, 5.74) is 0. The quantitative estimate of drug-likeness (QED) is 0.741. The van der Waals surface area contributed by atoms with Gasteiger partial charge in [0, 0.05) is 25.8 Å². The average Bonchev–Trinajstić information content (AvgIpc) is 2.86. The highest BCUT2D eigenvalue weighted by molar-refractivity contribution is 5.87. The van der Waals surface area contributed by atoms with Crippen LogP contribution in [0.4, 0.5) is 4.79 Å². The highest BCUT2D eigenvalue weighted by Gasteiger charge is 2.53. The number of carbonyl (C=O) groups is 3. The van der Waals surface area contributed by atoms with Gasteiger partial charge in [-0.05, 0) is 13.3 Å². The van der Waals surface area contributed by atoms with Gasteiger partial charge in [-0.1, -0.05) is 0 Å². The van der Waals surface area contributed by atoms with E-state index in [1.165, 1.54) is 4.90 Å². The zero-order valence-electron chi connectivity index (χ0n) is 10.6. The zero-order valence-corrected chi connectivity index (χ0v) is 10.6. The summed E-state index contributed by atoms with van der Waals surface area (Å²) in [6.07, 6.45) is 1.63. The lowest BCUT2D eigenvalue weighted by atomic mass is 10.2. The lowest BCUT2D eigenvalue weighted by Gasteiger charge is -2.31. The van der Waals surface area contributed by atoms with Gasteiger partial charge in [0.15, 0.2) is 0 Å². The van der Waals surface area contributed by atoms with E-state index >= 15 is 0 Å². The predicted octanol–water partition coefficient (Wildman–Crippen LogP) is 0.812. The molecule has 1 unspecified atom stereocenters. The normalized spacial score (nSPS) is 31.9. The van der Waals surface area contributed by atoms with Crippen LogP contribution in [0.1, 0.15) is 32.6 Å². The summed E-state index contributed by atoms with van der Waals surface area (Å²) in [4.78, 5) is 36.8. The third-order valence-corrected chi connectivity index (χ3v) is 4.17. The van der Waals surface area contributed by atoms with Crippen LogP contribution in [-0.4, -0.2) is 58.1 Å². The van der Waals surface area contributed by atoms with Crippen LogP contribution < -0.4 is 0 Å². The van der Waals surface area contributed by atoms with Crippen molar-refractivity contribution in [1.29, 1.82) is 0 Å². The molecule has 0 saturated carbocycles. The molecule has 18 heavy (non-hydrogen) atoms. The van der Waals surface area contributed by atoms with E-state index in [9.17, 15) is 19.5 Å². The van der Waals surface area contributed by atoms with E-state index in [4.69, 9.17) is 0 Å². The minimum atomic E-state index is -1.09. The molecule has 0 aliphatic carbocycles. The van der Waals surface area contributed by atoms with E-state index in [1.54, 1.807) is 6.92 Å². The van der Waals surface area contributed by atoms with Crippen LogP contribution in [0.5, 0.6) is 0 Å². The molecular weight excluding hydrogens is 236 g/mol. The molecule has 2 fully saturated rings. The number of carboxylic acid groups (broad SMARTS) is 1. The van der Waals surface area contributed by atoms with Crippen LogP contribution in [0.2, 0.25) is 0 Å². The van der Waals surface area contributed by atoms with Gasteiger partial charge in [-0.3, -0.25) is 4.79 Å². The Balaban J connectivity index is 2.14. The van der Waals surface area contributed by atoms with Crippen molar-refractivity contribution in [2.75, 3.05) is 19.6 Å². The lowest BCUT2D eigenvalue weighted by Crippen LogP contribution is -2.61. The Hall–Kier alpha value is -1.43. The Morgan fingerprint density at radius 1 is 1.44 bits per heavy atom. The molecule has 2 atom stereocenters. The predicted molar refractivity (Wildman–Crippen MR) is 62.7 cm³/mol. The number of rotatable bonds is 2. The number of quaternary nitrogens is 1. The third-order valence-electron chi connectivity index (χ3n) is 4.17. The Bertz CT molecular complexity index is 396. The van der Waals surface area contributed by atoms with Gasteiger partial charge in [0.1, 0.15) is 12.6 Å². The summed E-state index contributed by atoms with van der Waals surface area (Å²) in [5, 5.41) is 9.39. The van der Waals surface area contributed by atoms with Gasteiger partial charge in [0.05, 0.1) is 6.54 Å². The molecule has 6 nitrogen and oxygen atoms in total. The average molecular weight is 255 g/mol. The third kappa shape index (κ3) is 1.90. The number of amides is 3. The highest BCUT2D eigenvalue weighted by atomic mass is 16.4. The highest BCUT2D eigenvalue weighted by Crippen LogP contribution is 2.28. The molecule has 0 spiro atoms. The van der Waals surface area contributed by atoms with Gasteiger partial charge in [-0.25, -0.2) is 4.79 Å². The Morgan fingerprint density at radius 2 is 2.17 bits per heavy atom. The van der Waals surface area contributed by atoms with E-state index in [-0.39, 0.29) is 24.4 Å². The number of nitrogens with zero attached hydrogens (tertiary/aromatic N) is 2. The van der Waals surface area contributed by atoms with Crippen LogP contribution in [0.25, 0.3) is 0 Å². The van der Waals surface area contributed by atoms with Crippen LogP contribution in [-0.2, 0) is 9.59 Å². The summed E-state index contributed by atoms with van der Waals surface area (Å²) in [7, 11) is 0. The second kappa shape index (κ2) is 4.68. The Kier molecular flexibility index (Phi) is 3.38.